The lowest BCUT2D eigenvalue weighted by Crippen LogP contribution is -2.49. The summed E-state index contributed by atoms with van der Waals surface area (Å²) in [5.41, 5.74) is 7.11. The lowest BCUT2D eigenvalue weighted by molar-refractivity contribution is -0.161. The minimum Gasteiger partial charge on any atom is -0.494 e. The third kappa shape index (κ3) is 2.29. The summed E-state index contributed by atoms with van der Waals surface area (Å²) in [7, 11) is 1.44. The maximum atomic E-state index is 13.6. The standard InChI is InChI=1S/C14H19FN2O3/c1-18-13-8-12(11(16)7-10(13)15)17-4-2-3-14(9-17)19-5-6-20-14/h7-8H,2-6,9,16H2,1H3. The second kappa shape index (κ2) is 5.10. The van der Waals surface area contributed by atoms with Crippen molar-refractivity contribution in [3.63, 3.8) is 0 Å². The summed E-state index contributed by atoms with van der Waals surface area (Å²) in [6.07, 6.45) is 1.82. The number of nitrogens with zero attached hydrogens (tertiary/aromatic N) is 1. The molecule has 0 saturated carbocycles. The van der Waals surface area contributed by atoms with E-state index >= 15 is 0 Å². The fourth-order valence-electron chi connectivity index (χ4n) is 2.91. The quantitative estimate of drug-likeness (QED) is 0.838. The molecule has 110 valence electrons. The second-order valence-electron chi connectivity index (χ2n) is 5.18. The van der Waals surface area contributed by atoms with E-state index < -0.39 is 11.6 Å². The Morgan fingerprint density at radius 1 is 1.35 bits per heavy atom. The van der Waals surface area contributed by atoms with E-state index in [4.69, 9.17) is 19.9 Å². The van der Waals surface area contributed by atoms with Crippen molar-refractivity contribution in [3.8, 4) is 5.75 Å². The first-order valence-electron chi connectivity index (χ1n) is 6.79. The van der Waals surface area contributed by atoms with Gasteiger partial charge in [0.25, 0.3) is 0 Å². The summed E-state index contributed by atoms with van der Waals surface area (Å²) < 4.78 is 30.1. The highest BCUT2D eigenvalue weighted by Gasteiger charge is 2.41. The van der Waals surface area contributed by atoms with Crippen LogP contribution in [0, 0.1) is 5.82 Å². The Morgan fingerprint density at radius 3 is 2.80 bits per heavy atom. The molecule has 2 fully saturated rings. The number of hydrogen-bond donors (Lipinski definition) is 1. The van der Waals surface area contributed by atoms with Crippen LogP contribution in [0.1, 0.15) is 12.8 Å². The van der Waals surface area contributed by atoms with E-state index in [0.717, 1.165) is 25.1 Å². The van der Waals surface area contributed by atoms with Gasteiger partial charge in [-0.2, -0.15) is 0 Å². The van der Waals surface area contributed by atoms with Gasteiger partial charge in [0.05, 0.1) is 38.2 Å². The predicted octanol–water partition coefficient (Wildman–Crippen LogP) is 1.76. The van der Waals surface area contributed by atoms with Crippen molar-refractivity contribution in [1.82, 2.24) is 0 Å². The summed E-state index contributed by atoms with van der Waals surface area (Å²) in [6.45, 7) is 2.69. The van der Waals surface area contributed by atoms with Gasteiger partial charge in [0.2, 0.25) is 0 Å². The molecule has 1 aromatic carbocycles. The van der Waals surface area contributed by atoms with Crippen molar-refractivity contribution in [3.05, 3.63) is 17.9 Å². The van der Waals surface area contributed by atoms with Crippen molar-refractivity contribution in [2.75, 3.05) is 44.0 Å². The molecule has 0 atom stereocenters. The first-order chi connectivity index (χ1) is 9.63. The van der Waals surface area contributed by atoms with Gasteiger partial charge in [0, 0.05) is 25.1 Å². The molecule has 0 bridgehead atoms. The van der Waals surface area contributed by atoms with Gasteiger partial charge in [-0.25, -0.2) is 4.39 Å². The van der Waals surface area contributed by atoms with E-state index in [1.54, 1.807) is 6.07 Å². The van der Waals surface area contributed by atoms with Crippen molar-refractivity contribution >= 4 is 11.4 Å². The Kier molecular flexibility index (Phi) is 3.43. The average molecular weight is 282 g/mol. The average Bonchev–Trinajstić information content (AvgIpc) is 2.87. The van der Waals surface area contributed by atoms with Crippen LogP contribution in [0.25, 0.3) is 0 Å². The molecule has 0 amide bonds. The molecule has 0 radical (unpaired) electrons. The minimum absolute atomic E-state index is 0.196. The zero-order chi connectivity index (χ0) is 14.2. The second-order valence-corrected chi connectivity index (χ2v) is 5.18. The van der Waals surface area contributed by atoms with Gasteiger partial charge in [0.15, 0.2) is 17.4 Å². The summed E-state index contributed by atoms with van der Waals surface area (Å²) in [5, 5.41) is 0. The zero-order valence-electron chi connectivity index (χ0n) is 11.5. The fraction of sp³-hybridized carbons (Fsp3) is 0.571. The number of hydrogen-bond acceptors (Lipinski definition) is 5. The van der Waals surface area contributed by atoms with Crippen LogP contribution < -0.4 is 15.4 Å². The van der Waals surface area contributed by atoms with Crippen molar-refractivity contribution in [2.45, 2.75) is 18.6 Å². The highest BCUT2D eigenvalue weighted by Crippen LogP contribution is 2.37. The molecule has 3 rings (SSSR count). The van der Waals surface area contributed by atoms with Crippen LogP contribution in [0.15, 0.2) is 12.1 Å². The fourth-order valence-corrected chi connectivity index (χ4v) is 2.91. The number of benzene rings is 1. The zero-order valence-corrected chi connectivity index (χ0v) is 11.5. The molecule has 1 spiro atoms. The Bertz CT molecular complexity index is 503. The lowest BCUT2D eigenvalue weighted by Gasteiger charge is -2.40. The number of methoxy groups -OCH3 is 1. The van der Waals surface area contributed by atoms with Crippen LogP contribution in [-0.2, 0) is 9.47 Å². The summed E-state index contributed by atoms with van der Waals surface area (Å²) in [4.78, 5) is 2.08. The first kappa shape index (κ1) is 13.5. The van der Waals surface area contributed by atoms with E-state index in [0.29, 0.717) is 25.4 Å². The normalized spacial score (nSPS) is 21.4. The van der Waals surface area contributed by atoms with Crippen LogP contribution in [-0.4, -0.2) is 39.2 Å². The number of ether oxygens (including phenoxy) is 3. The number of nitrogens with two attached hydrogens (primary N) is 1. The molecule has 2 saturated heterocycles. The first-order valence-corrected chi connectivity index (χ1v) is 6.79. The van der Waals surface area contributed by atoms with E-state index in [2.05, 4.69) is 4.90 Å². The molecule has 2 aliphatic rings. The third-order valence-electron chi connectivity index (χ3n) is 3.87. The molecule has 0 aromatic heterocycles. The monoisotopic (exact) mass is 282 g/mol. The van der Waals surface area contributed by atoms with Gasteiger partial charge in [-0.05, 0) is 6.42 Å². The van der Waals surface area contributed by atoms with Crippen LogP contribution in [0.5, 0.6) is 5.75 Å². The molecule has 6 heteroatoms. The Balaban J connectivity index is 1.88. The molecule has 0 aliphatic carbocycles. The van der Waals surface area contributed by atoms with Gasteiger partial charge in [-0.1, -0.05) is 0 Å². The van der Waals surface area contributed by atoms with E-state index in [9.17, 15) is 4.39 Å². The largest absolute Gasteiger partial charge is 0.494 e. The summed E-state index contributed by atoms with van der Waals surface area (Å²) in [6, 6.07) is 2.93. The summed E-state index contributed by atoms with van der Waals surface area (Å²) in [5.74, 6) is -0.789. The van der Waals surface area contributed by atoms with Gasteiger partial charge in [-0.15, -0.1) is 0 Å². The molecule has 20 heavy (non-hydrogen) atoms. The SMILES string of the molecule is COc1cc(N2CCCC3(C2)OCCO3)c(N)cc1F. The molecule has 2 aliphatic heterocycles. The molecule has 2 N–H and O–H groups in total. The number of rotatable bonds is 2. The molecular weight excluding hydrogens is 263 g/mol. The van der Waals surface area contributed by atoms with Crippen LogP contribution in [0.2, 0.25) is 0 Å². The van der Waals surface area contributed by atoms with Gasteiger partial charge in [0.1, 0.15) is 0 Å². The molecule has 2 heterocycles. The van der Waals surface area contributed by atoms with Gasteiger partial charge >= 0.3 is 0 Å². The maximum absolute atomic E-state index is 13.6. The van der Waals surface area contributed by atoms with Crippen molar-refractivity contribution in [1.29, 1.82) is 0 Å². The van der Waals surface area contributed by atoms with Crippen molar-refractivity contribution in [2.24, 2.45) is 0 Å². The molecule has 5 nitrogen and oxygen atoms in total. The number of anilines is 2. The van der Waals surface area contributed by atoms with Crippen molar-refractivity contribution < 1.29 is 18.6 Å². The summed E-state index contributed by atoms with van der Waals surface area (Å²) >= 11 is 0. The van der Waals surface area contributed by atoms with E-state index in [1.807, 2.05) is 0 Å². The molecule has 1 aromatic rings. The lowest BCUT2D eigenvalue weighted by atomic mass is 10.0. The molecule has 0 unspecified atom stereocenters. The smallest absolute Gasteiger partial charge is 0.186 e. The highest BCUT2D eigenvalue weighted by molar-refractivity contribution is 5.70. The topological polar surface area (TPSA) is 57.0 Å². The van der Waals surface area contributed by atoms with Gasteiger partial charge < -0.3 is 24.8 Å². The number of halogens is 1. The van der Waals surface area contributed by atoms with Crippen LogP contribution in [0.3, 0.4) is 0 Å². The molecular formula is C14H19FN2O3. The minimum atomic E-state index is -0.535. The van der Waals surface area contributed by atoms with E-state index in [1.165, 1.54) is 13.2 Å². The Labute approximate surface area is 117 Å². The Hall–Kier alpha value is -1.53. The number of piperidine rings is 1. The van der Waals surface area contributed by atoms with Crippen LogP contribution in [0.4, 0.5) is 15.8 Å². The van der Waals surface area contributed by atoms with Crippen LogP contribution >= 0.6 is 0 Å². The highest BCUT2D eigenvalue weighted by atomic mass is 19.1. The van der Waals surface area contributed by atoms with E-state index in [-0.39, 0.29) is 5.75 Å². The Morgan fingerprint density at radius 2 is 2.10 bits per heavy atom. The van der Waals surface area contributed by atoms with Gasteiger partial charge in [-0.3, -0.25) is 0 Å². The maximum Gasteiger partial charge on any atom is 0.186 e. The number of nitrogen functional groups attached to an aromatic ring is 1. The predicted molar refractivity (Wildman–Crippen MR) is 73.4 cm³/mol. The third-order valence-corrected chi connectivity index (χ3v) is 3.87.